The van der Waals surface area contributed by atoms with Crippen molar-refractivity contribution in [2.24, 2.45) is 16.6 Å². The summed E-state index contributed by atoms with van der Waals surface area (Å²) in [7, 11) is 0. The molecule has 0 aromatic carbocycles. The zero-order chi connectivity index (χ0) is 11.6. The van der Waals surface area contributed by atoms with Gasteiger partial charge in [-0.15, -0.1) is 0 Å². The molecule has 0 atom stereocenters. The molecular formula is C13H27N3. The fraction of sp³-hybridized carbons (Fsp3) is 0.923. The summed E-state index contributed by atoms with van der Waals surface area (Å²) in [6.45, 7) is 3.98. The summed E-state index contributed by atoms with van der Waals surface area (Å²) < 4.78 is 0. The maximum atomic E-state index is 5.79. The van der Waals surface area contributed by atoms with Gasteiger partial charge in [-0.2, -0.15) is 0 Å². The summed E-state index contributed by atoms with van der Waals surface area (Å²) in [4.78, 5) is 4.44. The summed E-state index contributed by atoms with van der Waals surface area (Å²) in [5, 5.41) is 3.13. The Hall–Kier alpha value is -0.730. The van der Waals surface area contributed by atoms with Crippen molar-refractivity contribution in [1.29, 1.82) is 0 Å². The fourth-order valence-corrected chi connectivity index (χ4v) is 2.26. The van der Waals surface area contributed by atoms with Crippen molar-refractivity contribution in [1.82, 2.24) is 5.32 Å². The van der Waals surface area contributed by atoms with Gasteiger partial charge >= 0.3 is 0 Å². The molecular weight excluding hydrogens is 198 g/mol. The number of nitrogens with two attached hydrogens (primary N) is 1. The first-order valence-electron chi connectivity index (χ1n) is 6.86. The number of nitrogens with zero attached hydrogens (tertiary/aromatic N) is 1. The molecule has 0 saturated heterocycles. The molecule has 0 amide bonds. The SMILES string of the molecule is CCCNC(N)=NCC1CCCCCCC1. The molecule has 3 nitrogen and oxygen atoms in total. The zero-order valence-electron chi connectivity index (χ0n) is 10.7. The molecule has 0 aromatic rings. The van der Waals surface area contributed by atoms with E-state index in [-0.39, 0.29) is 0 Å². The molecule has 1 fully saturated rings. The van der Waals surface area contributed by atoms with Gasteiger partial charge in [-0.25, -0.2) is 0 Å². The lowest BCUT2D eigenvalue weighted by Crippen LogP contribution is -2.32. The Morgan fingerprint density at radius 2 is 1.81 bits per heavy atom. The summed E-state index contributed by atoms with van der Waals surface area (Å²) in [5.41, 5.74) is 5.79. The molecule has 0 aliphatic heterocycles. The van der Waals surface area contributed by atoms with Crippen LogP contribution >= 0.6 is 0 Å². The summed E-state index contributed by atoms with van der Waals surface area (Å²) in [6.07, 6.45) is 10.8. The minimum atomic E-state index is 0.629. The summed E-state index contributed by atoms with van der Waals surface area (Å²) in [5.74, 6) is 1.39. The predicted molar refractivity (Wildman–Crippen MR) is 70.6 cm³/mol. The third kappa shape index (κ3) is 5.99. The first kappa shape index (κ1) is 13.3. The molecule has 0 unspecified atom stereocenters. The Morgan fingerprint density at radius 3 is 2.44 bits per heavy atom. The maximum Gasteiger partial charge on any atom is 0.188 e. The highest BCUT2D eigenvalue weighted by atomic mass is 15.1. The molecule has 94 valence electrons. The zero-order valence-corrected chi connectivity index (χ0v) is 10.7. The Labute approximate surface area is 99.9 Å². The quantitative estimate of drug-likeness (QED) is 0.571. The van der Waals surface area contributed by atoms with Gasteiger partial charge in [0, 0.05) is 13.1 Å². The van der Waals surface area contributed by atoms with Crippen LogP contribution in [-0.4, -0.2) is 19.0 Å². The Balaban J connectivity index is 2.22. The van der Waals surface area contributed by atoms with Crippen molar-refractivity contribution < 1.29 is 0 Å². The van der Waals surface area contributed by atoms with E-state index in [1.807, 2.05) is 0 Å². The Bertz CT molecular complexity index is 193. The number of nitrogens with one attached hydrogen (secondary N) is 1. The molecule has 0 bridgehead atoms. The van der Waals surface area contributed by atoms with Crippen LogP contribution in [0.2, 0.25) is 0 Å². The third-order valence-corrected chi connectivity index (χ3v) is 3.30. The maximum absolute atomic E-state index is 5.79. The summed E-state index contributed by atoms with van der Waals surface area (Å²) in [6, 6.07) is 0. The number of rotatable bonds is 4. The second-order valence-corrected chi connectivity index (χ2v) is 4.86. The smallest absolute Gasteiger partial charge is 0.188 e. The van der Waals surface area contributed by atoms with Gasteiger partial charge in [-0.05, 0) is 25.2 Å². The van der Waals surface area contributed by atoms with E-state index in [9.17, 15) is 0 Å². The second kappa shape index (κ2) is 8.43. The van der Waals surface area contributed by atoms with Crippen LogP contribution in [0.25, 0.3) is 0 Å². The highest BCUT2D eigenvalue weighted by molar-refractivity contribution is 5.77. The van der Waals surface area contributed by atoms with Gasteiger partial charge in [0.2, 0.25) is 0 Å². The van der Waals surface area contributed by atoms with E-state index in [4.69, 9.17) is 5.73 Å². The minimum absolute atomic E-state index is 0.629. The van der Waals surface area contributed by atoms with Gasteiger partial charge in [0.1, 0.15) is 0 Å². The van der Waals surface area contributed by atoms with E-state index in [0.717, 1.165) is 25.4 Å². The number of hydrogen-bond acceptors (Lipinski definition) is 1. The van der Waals surface area contributed by atoms with Crippen molar-refractivity contribution in [2.75, 3.05) is 13.1 Å². The first-order chi connectivity index (χ1) is 7.83. The fourth-order valence-electron chi connectivity index (χ4n) is 2.26. The lowest BCUT2D eigenvalue weighted by Gasteiger charge is -2.17. The van der Waals surface area contributed by atoms with Crippen LogP contribution in [0.5, 0.6) is 0 Å². The van der Waals surface area contributed by atoms with Crippen LogP contribution in [0.4, 0.5) is 0 Å². The van der Waals surface area contributed by atoms with E-state index in [1.54, 1.807) is 0 Å². The highest BCUT2D eigenvalue weighted by Crippen LogP contribution is 2.22. The van der Waals surface area contributed by atoms with E-state index < -0.39 is 0 Å². The van der Waals surface area contributed by atoms with Crippen LogP contribution in [0.15, 0.2) is 4.99 Å². The molecule has 0 heterocycles. The molecule has 1 saturated carbocycles. The highest BCUT2D eigenvalue weighted by Gasteiger charge is 2.10. The number of hydrogen-bond donors (Lipinski definition) is 2. The van der Waals surface area contributed by atoms with E-state index in [0.29, 0.717) is 5.96 Å². The Morgan fingerprint density at radius 1 is 1.19 bits per heavy atom. The van der Waals surface area contributed by atoms with E-state index in [1.165, 1.54) is 44.9 Å². The Kier molecular flexibility index (Phi) is 7.02. The molecule has 0 aromatic heterocycles. The van der Waals surface area contributed by atoms with Crippen LogP contribution in [0, 0.1) is 5.92 Å². The first-order valence-corrected chi connectivity index (χ1v) is 6.86. The molecule has 1 rings (SSSR count). The monoisotopic (exact) mass is 225 g/mol. The van der Waals surface area contributed by atoms with Crippen LogP contribution in [0.3, 0.4) is 0 Å². The molecule has 16 heavy (non-hydrogen) atoms. The van der Waals surface area contributed by atoms with Crippen LogP contribution < -0.4 is 11.1 Å². The largest absolute Gasteiger partial charge is 0.370 e. The normalized spacial score (nSPS) is 20.2. The van der Waals surface area contributed by atoms with Gasteiger partial charge in [0.15, 0.2) is 5.96 Å². The molecule has 1 aliphatic carbocycles. The minimum Gasteiger partial charge on any atom is -0.370 e. The van der Waals surface area contributed by atoms with Crippen molar-refractivity contribution in [2.45, 2.75) is 58.3 Å². The average molecular weight is 225 g/mol. The predicted octanol–water partition coefficient (Wildman–Crippen LogP) is 2.66. The van der Waals surface area contributed by atoms with Gasteiger partial charge < -0.3 is 11.1 Å². The van der Waals surface area contributed by atoms with Crippen LogP contribution in [-0.2, 0) is 0 Å². The molecule has 0 radical (unpaired) electrons. The third-order valence-electron chi connectivity index (χ3n) is 3.30. The number of guanidine groups is 1. The van der Waals surface area contributed by atoms with E-state index in [2.05, 4.69) is 17.2 Å². The summed E-state index contributed by atoms with van der Waals surface area (Å²) >= 11 is 0. The standard InChI is InChI=1S/C13H27N3/c1-2-10-15-13(14)16-11-12-8-6-4-3-5-7-9-12/h12H,2-11H2,1H3,(H3,14,15,16). The topological polar surface area (TPSA) is 50.4 Å². The van der Waals surface area contributed by atoms with Gasteiger partial charge in [-0.3, -0.25) is 4.99 Å². The van der Waals surface area contributed by atoms with Gasteiger partial charge in [0.25, 0.3) is 0 Å². The van der Waals surface area contributed by atoms with E-state index >= 15 is 0 Å². The molecule has 1 aliphatic rings. The van der Waals surface area contributed by atoms with Crippen molar-refractivity contribution in [3.05, 3.63) is 0 Å². The van der Waals surface area contributed by atoms with Crippen molar-refractivity contribution in [3.8, 4) is 0 Å². The lowest BCUT2D eigenvalue weighted by molar-refractivity contribution is 0.386. The van der Waals surface area contributed by atoms with Crippen LogP contribution in [0.1, 0.15) is 58.3 Å². The van der Waals surface area contributed by atoms with Gasteiger partial charge in [-0.1, -0.05) is 39.0 Å². The lowest BCUT2D eigenvalue weighted by atomic mass is 9.91. The number of aliphatic imine (C=N–C) groups is 1. The van der Waals surface area contributed by atoms with Gasteiger partial charge in [0.05, 0.1) is 0 Å². The van der Waals surface area contributed by atoms with Crippen molar-refractivity contribution >= 4 is 5.96 Å². The molecule has 3 N–H and O–H groups in total. The van der Waals surface area contributed by atoms with Crippen molar-refractivity contribution in [3.63, 3.8) is 0 Å². The second-order valence-electron chi connectivity index (χ2n) is 4.86. The molecule has 0 spiro atoms. The average Bonchev–Trinajstić information content (AvgIpc) is 2.25. The molecule has 3 heteroatoms.